The molecule has 0 aliphatic heterocycles. The second-order valence-electron chi connectivity index (χ2n) is 1.66. The zero-order valence-electron chi connectivity index (χ0n) is 6.03. The van der Waals surface area contributed by atoms with Crippen molar-refractivity contribution >= 4 is 8.11 Å². The van der Waals surface area contributed by atoms with Crippen molar-refractivity contribution in [2.75, 3.05) is 0 Å². The van der Waals surface area contributed by atoms with Gasteiger partial charge < -0.3 is 0 Å². The van der Waals surface area contributed by atoms with Crippen molar-refractivity contribution in [3.05, 3.63) is 48.9 Å². The van der Waals surface area contributed by atoms with Crippen LogP contribution in [0, 0.1) is 0 Å². The number of allylic oxidation sites excluding steroid dienone is 6. The van der Waals surface area contributed by atoms with Gasteiger partial charge in [0, 0.05) is 0 Å². The first-order chi connectivity index (χ1) is 5.22. The molecule has 3 heteroatoms. The Balaban J connectivity index is 4.35. The van der Waals surface area contributed by atoms with E-state index in [2.05, 4.69) is 13.2 Å². The van der Waals surface area contributed by atoms with E-state index in [1.165, 1.54) is 12.2 Å². The maximum atomic E-state index is 12.1. The topological polar surface area (TPSA) is 17.1 Å². The normalized spacial score (nSPS) is 13.2. The molecule has 0 spiro atoms. The van der Waals surface area contributed by atoms with Crippen LogP contribution in [0.2, 0.25) is 0 Å². The Morgan fingerprint density at radius 1 is 1.36 bits per heavy atom. The van der Waals surface area contributed by atoms with Crippen LogP contribution >= 0.6 is 8.11 Å². The summed E-state index contributed by atoms with van der Waals surface area (Å²) >= 11 is 0. The van der Waals surface area contributed by atoms with E-state index in [4.69, 9.17) is 0 Å². The highest BCUT2D eigenvalue weighted by atomic mass is 31.1. The average Bonchev–Trinajstić information content (AvgIpc) is 1.97. The van der Waals surface area contributed by atoms with E-state index in [-0.39, 0.29) is 5.31 Å². The molecule has 0 N–H and O–H groups in total. The predicted molar refractivity (Wildman–Crippen MR) is 46.3 cm³/mol. The summed E-state index contributed by atoms with van der Waals surface area (Å²) in [5.74, 6) is 0. The summed E-state index contributed by atoms with van der Waals surface area (Å²) in [6, 6.07) is 0. The number of hydrogen-bond donors (Lipinski definition) is 0. The molecule has 0 aromatic carbocycles. The maximum Gasteiger partial charge on any atom is 0.597 e. The quantitative estimate of drug-likeness (QED) is 0.467. The lowest BCUT2D eigenvalue weighted by Gasteiger charge is -1.73. The van der Waals surface area contributed by atoms with Crippen molar-refractivity contribution in [3.63, 3.8) is 0 Å². The molecule has 0 saturated carbocycles. The standard InChI is InChI=1S/C8H9FOP/c1-3-5-6-7-8(4-2)11(9)10/h3-7H,1-2H2/q+1/b6-5-,8-7+. The third-order valence-corrected chi connectivity index (χ3v) is 1.66. The SMILES string of the molecule is C=C/C=C\C=C(/C=C)[P+](=O)F. The Morgan fingerprint density at radius 3 is 2.36 bits per heavy atom. The van der Waals surface area contributed by atoms with Gasteiger partial charge in [-0.15, -0.1) is 0 Å². The van der Waals surface area contributed by atoms with Crippen LogP contribution in [0.4, 0.5) is 4.20 Å². The predicted octanol–water partition coefficient (Wildman–Crippen LogP) is 3.51. The first-order valence-electron chi connectivity index (χ1n) is 2.97. The lowest BCUT2D eigenvalue weighted by atomic mass is 10.4. The van der Waals surface area contributed by atoms with Gasteiger partial charge in [-0.05, 0) is 16.7 Å². The fourth-order valence-corrected chi connectivity index (χ4v) is 0.778. The van der Waals surface area contributed by atoms with Gasteiger partial charge in [-0.2, -0.15) is 0 Å². The van der Waals surface area contributed by atoms with E-state index in [0.717, 1.165) is 0 Å². The third kappa shape index (κ3) is 4.40. The maximum absolute atomic E-state index is 12.1. The molecule has 1 atom stereocenters. The van der Waals surface area contributed by atoms with E-state index in [0.29, 0.717) is 0 Å². The molecule has 0 aliphatic carbocycles. The zero-order valence-corrected chi connectivity index (χ0v) is 6.93. The first kappa shape index (κ1) is 9.99. The molecule has 0 aliphatic rings. The molecular formula is C8H9FOP+. The highest BCUT2D eigenvalue weighted by molar-refractivity contribution is 7.44. The van der Waals surface area contributed by atoms with Crippen LogP contribution in [0.3, 0.4) is 0 Å². The first-order valence-corrected chi connectivity index (χ1v) is 4.12. The van der Waals surface area contributed by atoms with E-state index < -0.39 is 8.11 Å². The average molecular weight is 171 g/mol. The van der Waals surface area contributed by atoms with Gasteiger partial charge in [0.05, 0.1) is 4.20 Å². The van der Waals surface area contributed by atoms with Gasteiger partial charge in [-0.25, -0.2) is 0 Å². The number of hydrogen-bond acceptors (Lipinski definition) is 1. The van der Waals surface area contributed by atoms with Gasteiger partial charge in [0.15, 0.2) is 0 Å². The minimum absolute atomic E-state index is 0.0955. The molecule has 0 saturated heterocycles. The summed E-state index contributed by atoms with van der Waals surface area (Å²) in [7, 11) is -2.77. The highest BCUT2D eigenvalue weighted by Gasteiger charge is 2.18. The summed E-state index contributed by atoms with van der Waals surface area (Å²) in [4.78, 5) is 0. The zero-order chi connectivity index (χ0) is 8.69. The van der Waals surface area contributed by atoms with Crippen LogP contribution in [0.5, 0.6) is 0 Å². The van der Waals surface area contributed by atoms with E-state index in [1.807, 2.05) is 0 Å². The Bertz CT molecular complexity index is 228. The largest absolute Gasteiger partial charge is 0.597 e. The minimum atomic E-state index is -2.77. The molecule has 0 aromatic rings. The molecule has 0 bridgehead atoms. The molecule has 0 aromatic heterocycles. The van der Waals surface area contributed by atoms with Gasteiger partial charge >= 0.3 is 8.11 Å². The van der Waals surface area contributed by atoms with E-state index in [1.54, 1.807) is 18.2 Å². The molecule has 0 heterocycles. The minimum Gasteiger partial charge on any atom is -0.0991 e. The van der Waals surface area contributed by atoms with E-state index in [9.17, 15) is 8.76 Å². The van der Waals surface area contributed by atoms with Crippen LogP contribution in [-0.2, 0) is 4.57 Å². The fourth-order valence-electron chi connectivity index (χ4n) is 0.431. The second-order valence-corrected chi connectivity index (χ2v) is 2.67. The van der Waals surface area contributed by atoms with Crippen molar-refractivity contribution in [1.29, 1.82) is 0 Å². The monoisotopic (exact) mass is 171 g/mol. The van der Waals surface area contributed by atoms with Gasteiger partial charge in [0.1, 0.15) is 0 Å². The van der Waals surface area contributed by atoms with Crippen LogP contribution in [0.15, 0.2) is 48.9 Å². The molecule has 11 heavy (non-hydrogen) atoms. The molecule has 0 fully saturated rings. The van der Waals surface area contributed by atoms with Crippen molar-refractivity contribution < 1.29 is 8.76 Å². The Morgan fingerprint density at radius 2 is 2.00 bits per heavy atom. The third-order valence-electron chi connectivity index (χ3n) is 0.926. The Hall–Kier alpha value is -1.01. The van der Waals surface area contributed by atoms with Crippen LogP contribution in [-0.4, -0.2) is 0 Å². The molecule has 1 nitrogen and oxygen atoms in total. The molecule has 0 rings (SSSR count). The number of halogens is 1. The van der Waals surface area contributed by atoms with Crippen molar-refractivity contribution in [3.8, 4) is 0 Å². The molecule has 1 unspecified atom stereocenters. The molecule has 0 amide bonds. The smallest absolute Gasteiger partial charge is 0.0991 e. The summed E-state index contributed by atoms with van der Waals surface area (Å²) in [5, 5.41) is 0.0955. The van der Waals surface area contributed by atoms with Crippen molar-refractivity contribution in [2.45, 2.75) is 0 Å². The number of rotatable bonds is 4. The lowest BCUT2D eigenvalue weighted by molar-refractivity contribution is 0.565. The summed E-state index contributed by atoms with van der Waals surface area (Å²) in [5.41, 5.74) is 0. The fraction of sp³-hybridized carbons (Fsp3) is 0. The lowest BCUT2D eigenvalue weighted by Crippen LogP contribution is -1.61. The van der Waals surface area contributed by atoms with Gasteiger partial charge in [0.25, 0.3) is 0 Å². The van der Waals surface area contributed by atoms with E-state index >= 15 is 0 Å². The molecule has 58 valence electrons. The van der Waals surface area contributed by atoms with Crippen molar-refractivity contribution in [2.24, 2.45) is 0 Å². The highest BCUT2D eigenvalue weighted by Crippen LogP contribution is 2.33. The molecular weight excluding hydrogens is 162 g/mol. The summed E-state index contributed by atoms with van der Waals surface area (Å²) in [6.07, 6.45) is 7.33. The van der Waals surface area contributed by atoms with Gasteiger partial charge in [0.2, 0.25) is 5.31 Å². The van der Waals surface area contributed by atoms with Crippen LogP contribution in [0.25, 0.3) is 0 Å². The Labute approximate surface area is 66.5 Å². The Kier molecular flexibility index (Phi) is 5.22. The van der Waals surface area contributed by atoms with Gasteiger partial charge in [-0.3, -0.25) is 0 Å². The second kappa shape index (κ2) is 5.75. The van der Waals surface area contributed by atoms with Gasteiger partial charge in [-0.1, -0.05) is 31.4 Å². The molecule has 0 radical (unpaired) electrons. The summed E-state index contributed by atoms with van der Waals surface area (Å²) in [6.45, 7) is 6.73. The summed E-state index contributed by atoms with van der Waals surface area (Å²) < 4.78 is 22.4. The van der Waals surface area contributed by atoms with Crippen LogP contribution in [0.1, 0.15) is 0 Å². The van der Waals surface area contributed by atoms with Crippen LogP contribution < -0.4 is 0 Å². The van der Waals surface area contributed by atoms with Crippen molar-refractivity contribution in [1.82, 2.24) is 0 Å².